The second-order valence-electron chi connectivity index (χ2n) is 25.2. The summed E-state index contributed by atoms with van der Waals surface area (Å²) in [5.74, 6) is 5.84. The van der Waals surface area contributed by atoms with Crippen LogP contribution in [-0.2, 0) is 15.7 Å². The van der Waals surface area contributed by atoms with Crippen molar-refractivity contribution >= 4 is 16.9 Å². The minimum Gasteiger partial charge on any atom is -0.550 e. The summed E-state index contributed by atoms with van der Waals surface area (Å²) in [6, 6.07) is 23.9. The van der Waals surface area contributed by atoms with Crippen LogP contribution in [0, 0.1) is 23.2 Å². The lowest BCUT2D eigenvalue weighted by molar-refractivity contribution is -0.327. The van der Waals surface area contributed by atoms with Crippen molar-refractivity contribution in [1.29, 1.82) is 0 Å². The lowest BCUT2D eigenvalue weighted by atomic mass is 9.49. The Morgan fingerprint density at radius 2 is 0.676 bits per heavy atom. The largest absolute Gasteiger partial charge is 0.550 e. The molecule has 10 fully saturated rings. The van der Waals surface area contributed by atoms with Crippen LogP contribution in [-0.4, -0.2) is 5.97 Å². The van der Waals surface area contributed by atoms with Gasteiger partial charge in [0.15, 0.2) is 14.7 Å². The van der Waals surface area contributed by atoms with Crippen LogP contribution in [0.25, 0.3) is 0 Å². The number of carbonyl (C=O) groups excluding carboxylic acids is 1. The van der Waals surface area contributed by atoms with E-state index in [1.54, 1.807) is 16.0 Å². The molecule has 3 aromatic carbocycles. The fourth-order valence-electron chi connectivity index (χ4n) is 17.3. The van der Waals surface area contributed by atoms with Crippen LogP contribution in [0.1, 0.15) is 300 Å². The van der Waals surface area contributed by atoms with Crippen molar-refractivity contribution in [3.8, 4) is 0 Å². The highest BCUT2D eigenvalue weighted by atomic mass is 32.2. The van der Waals surface area contributed by atoms with Crippen LogP contribution >= 0.6 is 0 Å². The number of carboxylic acid groups (broad SMARTS) is 1. The predicted molar refractivity (Wildman–Crippen MR) is 282 cm³/mol. The number of aliphatic carboxylic acids is 1. The summed E-state index contributed by atoms with van der Waals surface area (Å²) in [6.07, 6.45) is 49.3. The Balaban J connectivity index is 0.000000333. The van der Waals surface area contributed by atoms with Gasteiger partial charge in [-0.25, -0.2) is 0 Å². The zero-order valence-corrected chi connectivity index (χ0v) is 43.4. The Morgan fingerprint density at radius 3 is 0.956 bits per heavy atom. The Labute approximate surface area is 417 Å². The first-order valence-electron chi connectivity index (χ1n) is 29.9. The normalized spacial score (nSPS) is 29.2. The molecular weight excluding hydrogens is 845 g/mol. The molecule has 0 atom stereocenters. The van der Waals surface area contributed by atoms with E-state index in [9.17, 15) is 9.90 Å². The van der Waals surface area contributed by atoms with Gasteiger partial charge in [0.2, 0.25) is 0 Å². The fourth-order valence-corrected chi connectivity index (χ4v) is 20.3. The Morgan fingerprint density at radius 1 is 0.397 bits per heavy atom. The van der Waals surface area contributed by atoms with E-state index in [0.29, 0.717) is 17.8 Å². The Hall–Kier alpha value is -2.52. The van der Waals surface area contributed by atoms with Gasteiger partial charge in [-0.2, -0.15) is 0 Å². The van der Waals surface area contributed by atoms with Crippen molar-refractivity contribution in [2.75, 3.05) is 0 Å². The first kappa shape index (κ1) is 47.8. The topological polar surface area (TPSA) is 40.1 Å². The summed E-state index contributed by atoms with van der Waals surface area (Å²) in [6.45, 7) is 0. The van der Waals surface area contributed by atoms with Crippen LogP contribution in [0.3, 0.4) is 0 Å². The first-order chi connectivity index (χ1) is 33.5. The molecule has 0 saturated heterocycles. The molecule has 0 radical (unpaired) electrons. The molecule has 10 aliphatic rings. The van der Waals surface area contributed by atoms with Gasteiger partial charge >= 0.3 is 0 Å². The van der Waals surface area contributed by atoms with Gasteiger partial charge in [-0.15, -0.1) is 0 Å². The van der Waals surface area contributed by atoms with E-state index in [1.807, 2.05) is 32.0 Å². The van der Waals surface area contributed by atoms with E-state index in [0.717, 1.165) is 54.8 Å². The molecule has 0 spiro atoms. The lowest BCUT2D eigenvalue weighted by Gasteiger charge is -2.57. The second-order valence-corrected chi connectivity index (χ2v) is 27.1. The van der Waals surface area contributed by atoms with Gasteiger partial charge < -0.3 is 9.90 Å². The quantitative estimate of drug-likeness (QED) is 0.190. The highest BCUT2D eigenvalue weighted by molar-refractivity contribution is 7.97. The van der Waals surface area contributed by atoms with Crippen LogP contribution < -0.4 is 5.11 Å². The molecule has 0 aliphatic heterocycles. The van der Waals surface area contributed by atoms with E-state index < -0.39 is 11.4 Å². The van der Waals surface area contributed by atoms with E-state index in [4.69, 9.17) is 0 Å². The molecule has 0 heterocycles. The molecule has 0 aromatic heterocycles. The van der Waals surface area contributed by atoms with Gasteiger partial charge in [-0.1, -0.05) is 158 Å². The molecule has 2 nitrogen and oxygen atoms in total. The fraction of sp³-hybridized carbons (Fsp3) is 0.708. The zero-order valence-electron chi connectivity index (χ0n) is 42.6. The van der Waals surface area contributed by atoms with Crippen molar-refractivity contribution in [3.05, 3.63) is 88.0 Å². The molecular formula is C65H90O2S. The Kier molecular flexibility index (Phi) is 15.5. The predicted octanol–water partition coefficient (Wildman–Crippen LogP) is 18.0. The van der Waals surface area contributed by atoms with Crippen molar-refractivity contribution in [2.45, 2.75) is 281 Å². The summed E-state index contributed by atoms with van der Waals surface area (Å²) in [5.41, 5.74) is 10.5. The minimum atomic E-state index is -0.758. The van der Waals surface area contributed by atoms with Gasteiger partial charge in [0.1, 0.15) is 10.9 Å². The first-order valence-corrected chi connectivity index (χ1v) is 31.1. The molecule has 3 heteroatoms. The highest BCUT2D eigenvalue weighted by Crippen LogP contribution is 2.60. The molecule has 68 heavy (non-hydrogen) atoms. The van der Waals surface area contributed by atoms with Crippen molar-refractivity contribution in [3.63, 3.8) is 0 Å². The number of carbonyl (C=O) groups is 1. The summed E-state index contributed by atoms with van der Waals surface area (Å²) in [7, 11) is -0.0940. The van der Waals surface area contributed by atoms with Crippen LogP contribution in [0.15, 0.2) is 69.3 Å². The molecule has 13 rings (SSSR count). The third-order valence-electron chi connectivity index (χ3n) is 20.5. The van der Waals surface area contributed by atoms with Gasteiger partial charge in [0, 0.05) is 33.6 Å². The monoisotopic (exact) mass is 935 g/mol. The molecule has 0 amide bonds. The third-order valence-corrected chi connectivity index (χ3v) is 23.0. The van der Waals surface area contributed by atoms with Gasteiger partial charge in [0.25, 0.3) is 0 Å². The van der Waals surface area contributed by atoms with Crippen LogP contribution in [0.4, 0.5) is 0 Å². The maximum absolute atomic E-state index is 11.1. The number of hydrogen-bond acceptors (Lipinski definition) is 2. The second kappa shape index (κ2) is 22.1. The average molecular weight is 935 g/mol. The maximum atomic E-state index is 11.1. The molecule has 3 aromatic rings. The van der Waals surface area contributed by atoms with Gasteiger partial charge in [-0.3, -0.25) is 0 Å². The SMILES string of the molecule is O=C([O-])C12CC3CC(CC(C3)C1)C2.c1ccc([S+](c2c(C3CCCCC3)cc(C3CCCCC3)cc2C2CCCCC2)c2c(C3CCCCC3)cc(C3CCCCC3)cc2C2CCCCC2)cc1. The number of hydrogen-bond donors (Lipinski definition) is 0. The van der Waals surface area contributed by atoms with E-state index in [-0.39, 0.29) is 10.9 Å². The van der Waals surface area contributed by atoms with Crippen LogP contribution in [0.2, 0.25) is 0 Å². The smallest absolute Gasteiger partial charge is 0.173 e. The molecule has 10 saturated carbocycles. The number of rotatable bonds is 10. The summed E-state index contributed by atoms with van der Waals surface area (Å²) in [4.78, 5) is 16.5. The molecule has 10 aliphatic carbocycles. The van der Waals surface area contributed by atoms with Crippen molar-refractivity contribution < 1.29 is 9.90 Å². The number of carboxylic acids is 1. The number of benzene rings is 3. The Bertz CT molecular complexity index is 1900. The van der Waals surface area contributed by atoms with E-state index in [2.05, 4.69) is 54.6 Å². The van der Waals surface area contributed by atoms with E-state index >= 15 is 0 Å². The molecule has 4 bridgehead atoms. The van der Waals surface area contributed by atoms with E-state index in [1.165, 1.54) is 212 Å². The van der Waals surface area contributed by atoms with Crippen molar-refractivity contribution in [2.24, 2.45) is 23.2 Å². The zero-order chi connectivity index (χ0) is 45.9. The minimum absolute atomic E-state index is 0.0940. The summed E-state index contributed by atoms with van der Waals surface area (Å²) >= 11 is 0. The van der Waals surface area contributed by atoms with Crippen molar-refractivity contribution in [1.82, 2.24) is 0 Å². The molecule has 368 valence electrons. The third kappa shape index (κ3) is 10.4. The average Bonchev–Trinajstić information content (AvgIpc) is 3.40. The highest BCUT2D eigenvalue weighted by Gasteiger charge is 2.52. The van der Waals surface area contributed by atoms with Crippen LogP contribution in [0.5, 0.6) is 0 Å². The standard InChI is InChI=1S/C54H75S.C11H16O2/c1-8-22-40(23-9-1)46-36-49(42-26-12-3-13-27-42)53(50(37-46)43-28-14-4-15-29-43)55(48-34-20-7-21-35-48)54-51(44-30-16-5-17-31-44)38-47(41-24-10-2-11-25-41)39-52(54)45-32-18-6-19-33-45;12-10(13)11-4-7-1-8(5-11)3-9(2-7)6-11/h7,20-21,34-45H,1-6,8-19,22-33H2;7-9H,1-6H2,(H,12,13)/q+1;/p-1. The van der Waals surface area contributed by atoms with Gasteiger partial charge in [-0.05, 0) is 192 Å². The molecule has 0 N–H and O–H groups in total. The maximum Gasteiger partial charge on any atom is 0.173 e. The molecule has 0 unspecified atom stereocenters. The lowest BCUT2D eigenvalue weighted by Crippen LogP contribution is -2.54. The summed E-state index contributed by atoms with van der Waals surface area (Å²) in [5, 5.41) is 11.1. The van der Waals surface area contributed by atoms with Gasteiger partial charge in [0.05, 0.1) is 0 Å². The summed E-state index contributed by atoms with van der Waals surface area (Å²) < 4.78 is 0.